The van der Waals surface area contributed by atoms with Crippen LogP contribution in [0.4, 0.5) is 5.69 Å². The van der Waals surface area contributed by atoms with Gasteiger partial charge in [0.15, 0.2) is 0 Å². The number of carbonyl (C=O) groups is 1. The molecule has 7 heteroatoms. The fraction of sp³-hybridized carbons (Fsp3) is 0.611. The molecule has 1 heterocycles. The molecule has 0 saturated carbocycles. The summed E-state index contributed by atoms with van der Waals surface area (Å²) in [4.78, 5) is 13.6. The molecule has 1 aliphatic rings. The van der Waals surface area contributed by atoms with E-state index < -0.39 is 15.6 Å². The minimum Gasteiger partial charge on any atom is -0.390 e. The average Bonchev–Trinajstić information content (AvgIpc) is 2.91. The van der Waals surface area contributed by atoms with Crippen molar-refractivity contribution in [1.29, 1.82) is 0 Å². The van der Waals surface area contributed by atoms with E-state index in [1.807, 2.05) is 6.92 Å². The third-order valence-electron chi connectivity index (χ3n) is 4.31. The van der Waals surface area contributed by atoms with Crippen LogP contribution in [-0.4, -0.2) is 37.6 Å². The van der Waals surface area contributed by atoms with Crippen LogP contribution in [0.25, 0.3) is 0 Å². The van der Waals surface area contributed by atoms with E-state index in [-0.39, 0.29) is 16.8 Å². The molecule has 1 unspecified atom stereocenters. The molecule has 1 aromatic carbocycles. The Morgan fingerprint density at radius 3 is 2.44 bits per heavy atom. The molecule has 1 atom stereocenters. The highest BCUT2D eigenvalue weighted by atomic mass is 32.2. The molecule has 2 N–H and O–H groups in total. The fourth-order valence-electron chi connectivity index (χ4n) is 2.96. The number of sulfonamides is 1. The van der Waals surface area contributed by atoms with Gasteiger partial charge in [0.25, 0.3) is 0 Å². The summed E-state index contributed by atoms with van der Waals surface area (Å²) in [6.45, 7) is 5.99. The number of amides is 1. The Morgan fingerprint density at radius 2 is 1.92 bits per heavy atom. The lowest BCUT2D eigenvalue weighted by atomic mass is 10.00. The predicted octanol–water partition coefficient (Wildman–Crippen LogP) is 2.42. The Kier molecular flexibility index (Phi) is 6.24. The van der Waals surface area contributed by atoms with E-state index in [2.05, 4.69) is 4.72 Å². The maximum Gasteiger partial charge on any atom is 0.240 e. The van der Waals surface area contributed by atoms with Crippen LogP contribution < -0.4 is 9.62 Å². The van der Waals surface area contributed by atoms with Crippen molar-refractivity contribution in [3.05, 3.63) is 24.3 Å². The van der Waals surface area contributed by atoms with Crippen molar-refractivity contribution in [2.75, 3.05) is 11.4 Å². The maximum atomic E-state index is 12.5. The first-order chi connectivity index (χ1) is 11.6. The number of benzene rings is 1. The van der Waals surface area contributed by atoms with E-state index in [4.69, 9.17) is 0 Å². The van der Waals surface area contributed by atoms with Crippen LogP contribution in [0.15, 0.2) is 29.2 Å². The summed E-state index contributed by atoms with van der Waals surface area (Å²) in [6, 6.07) is 6.21. The first-order valence-corrected chi connectivity index (χ1v) is 10.2. The van der Waals surface area contributed by atoms with E-state index in [0.29, 0.717) is 25.8 Å². The maximum absolute atomic E-state index is 12.5. The highest BCUT2D eigenvalue weighted by Crippen LogP contribution is 2.23. The summed E-state index contributed by atoms with van der Waals surface area (Å²) in [6.07, 6.45) is 3.40. The van der Waals surface area contributed by atoms with Crippen LogP contribution in [0.3, 0.4) is 0 Å². The van der Waals surface area contributed by atoms with Gasteiger partial charge < -0.3 is 10.0 Å². The molecule has 0 spiro atoms. The van der Waals surface area contributed by atoms with Gasteiger partial charge in [0, 0.05) is 24.7 Å². The first-order valence-electron chi connectivity index (χ1n) is 8.74. The Hall–Kier alpha value is -1.44. The number of anilines is 1. The molecule has 2 rings (SSSR count). The van der Waals surface area contributed by atoms with Gasteiger partial charge >= 0.3 is 0 Å². The lowest BCUT2D eigenvalue weighted by Gasteiger charge is -2.19. The zero-order valence-electron chi connectivity index (χ0n) is 15.2. The van der Waals surface area contributed by atoms with Crippen LogP contribution in [0.2, 0.25) is 0 Å². The molecule has 6 nitrogen and oxygen atoms in total. The second-order valence-corrected chi connectivity index (χ2v) is 9.08. The third-order valence-corrected chi connectivity index (χ3v) is 5.92. The number of aliphatic hydroxyl groups is 1. The second kappa shape index (κ2) is 7.85. The summed E-state index contributed by atoms with van der Waals surface area (Å²) >= 11 is 0. The van der Waals surface area contributed by atoms with Crippen molar-refractivity contribution in [1.82, 2.24) is 4.72 Å². The fourth-order valence-corrected chi connectivity index (χ4v) is 4.24. The van der Waals surface area contributed by atoms with Crippen molar-refractivity contribution in [2.45, 2.75) is 69.4 Å². The number of nitrogens with zero attached hydrogens (tertiary/aromatic N) is 1. The van der Waals surface area contributed by atoms with Gasteiger partial charge in [-0.25, -0.2) is 13.1 Å². The van der Waals surface area contributed by atoms with Gasteiger partial charge in [-0.1, -0.05) is 0 Å². The van der Waals surface area contributed by atoms with Gasteiger partial charge in [-0.05, 0) is 70.7 Å². The lowest BCUT2D eigenvalue weighted by molar-refractivity contribution is -0.117. The molecule has 1 saturated heterocycles. The standard InChI is InChI=1S/C18H28N2O4S/c1-14(6-4-12-18(2,3)22)19-25(23,24)16-10-8-15(9-11-16)20-13-5-7-17(20)21/h8-11,14,19,22H,4-7,12-13H2,1-3H3. The van der Waals surface area contributed by atoms with Crippen LogP contribution in [0, 0.1) is 0 Å². The molecule has 0 radical (unpaired) electrons. The first kappa shape index (κ1) is 19.9. The van der Waals surface area contributed by atoms with Crippen molar-refractivity contribution < 1.29 is 18.3 Å². The highest BCUT2D eigenvalue weighted by molar-refractivity contribution is 7.89. The van der Waals surface area contributed by atoms with Gasteiger partial charge in [0.05, 0.1) is 10.5 Å². The Bertz CT molecular complexity index is 693. The van der Waals surface area contributed by atoms with Crippen molar-refractivity contribution in [2.24, 2.45) is 0 Å². The number of nitrogens with one attached hydrogen (secondary N) is 1. The van der Waals surface area contributed by atoms with E-state index in [0.717, 1.165) is 18.5 Å². The number of hydrogen-bond acceptors (Lipinski definition) is 4. The van der Waals surface area contributed by atoms with E-state index in [1.54, 1.807) is 30.9 Å². The van der Waals surface area contributed by atoms with E-state index in [1.165, 1.54) is 12.1 Å². The van der Waals surface area contributed by atoms with Gasteiger partial charge in [0.2, 0.25) is 15.9 Å². The summed E-state index contributed by atoms with van der Waals surface area (Å²) in [5, 5.41) is 9.71. The average molecular weight is 368 g/mol. The summed E-state index contributed by atoms with van der Waals surface area (Å²) in [7, 11) is -3.60. The zero-order valence-corrected chi connectivity index (χ0v) is 16.0. The Balaban J connectivity index is 1.96. The van der Waals surface area contributed by atoms with Crippen molar-refractivity contribution in [3.63, 3.8) is 0 Å². The SMILES string of the molecule is CC(CCCC(C)(C)O)NS(=O)(=O)c1ccc(N2CCCC2=O)cc1. The minimum atomic E-state index is -3.60. The molecular formula is C18H28N2O4S. The lowest BCUT2D eigenvalue weighted by Crippen LogP contribution is -2.33. The van der Waals surface area contributed by atoms with Crippen LogP contribution >= 0.6 is 0 Å². The molecule has 0 bridgehead atoms. The number of hydrogen-bond donors (Lipinski definition) is 2. The van der Waals surface area contributed by atoms with Gasteiger partial charge in [0.1, 0.15) is 0 Å². The predicted molar refractivity (Wildman–Crippen MR) is 98.0 cm³/mol. The quantitative estimate of drug-likeness (QED) is 0.738. The topological polar surface area (TPSA) is 86.7 Å². The molecule has 0 aromatic heterocycles. The molecule has 1 aromatic rings. The number of carbonyl (C=O) groups excluding carboxylic acids is 1. The van der Waals surface area contributed by atoms with Crippen LogP contribution in [0.1, 0.15) is 52.9 Å². The minimum absolute atomic E-state index is 0.0779. The van der Waals surface area contributed by atoms with E-state index in [9.17, 15) is 18.3 Å². The van der Waals surface area contributed by atoms with Crippen molar-refractivity contribution >= 4 is 21.6 Å². The van der Waals surface area contributed by atoms with Gasteiger partial charge in [-0.3, -0.25) is 4.79 Å². The van der Waals surface area contributed by atoms with Crippen molar-refractivity contribution in [3.8, 4) is 0 Å². The number of rotatable bonds is 8. The zero-order chi connectivity index (χ0) is 18.7. The molecular weight excluding hydrogens is 340 g/mol. The van der Waals surface area contributed by atoms with Gasteiger partial charge in [-0.15, -0.1) is 0 Å². The summed E-state index contributed by atoms with van der Waals surface area (Å²) in [5.74, 6) is 0.0779. The largest absolute Gasteiger partial charge is 0.390 e. The molecule has 0 aliphatic carbocycles. The smallest absolute Gasteiger partial charge is 0.240 e. The van der Waals surface area contributed by atoms with E-state index >= 15 is 0 Å². The highest BCUT2D eigenvalue weighted by Gasteiger charge is 2.23. The third kappa shape index (κ3) is 5.80. The normalized spacial score (nSPS) is 17.1. The molecule has 1 fully saturated rings. The second-order valence-electron chi connectivity index (χ2n) is 7.37. The molecule has 25 heavy (non-hydrogen) atoms. The van der Waals surface area contributed by atoms with Gasteiger partial charge in [-0.2, -0.15) is 0 Å². The Labute approximate surface area is 150 Å². The van der Waals surface area contributed by atoms with Crippen LogP contribution in [-0.2, 0) is 14.8 Å². The summed E-state index contributed by atoms with van der Waals surface area (Å²) < 4.78 is 27.6. The van der Waals surface area contributed by atoms with Crippen LogP contribution in [0.5, 0.6) is 0 Å². The molecule has 1 amide bonds. The molecule has 140 valence electrons. The summed E-state index contributed by atoms with van der Waals surface area (Å²) in [5.41, 5.74) is 0.00112. The molecule has 1 aliphatic heterocycles. The Morgan fingerprint density at radius 1 is 1.28 bits per heavy atom. The monoisotopic (exact) mass is 368 g/mol.